The molecule has 0 spiro atoms. The molecule has 0 unspecified atom stereocenters. The van der Waals surface area contributed by atoms with E-state index in [1.165, 1.54) is 0 Å². The summed E-state index contributed by atoms with van der Waals surface area (Å²) in [7, 11) is 0. The minimum Gasteiger partial charge on any atom is -0.508 e. The quantitative estimate of drug-likeness (QED) is 0.653. The van der Waals surface area contributed by atoms with Crippen LogP contribution in [-0.2, 0) is 19.0 Å². The Morgan fingerprint density at radius 1 is 1.37 bits per heavy atom. The van der Waals surface area contributed by atoms with Gasteiger partial charge in [-0.3, -0.25) is 4.79 Å². The van der Waals surface area contributed by atoms with Gasteiger partial charge in [-0.05, 0) is 13.0 Å². The molecule has 1 aliphatic heterocycles. The smallest absolute Gasteiger partial charge is 0.295 e. The Hall–Kier alpha value is -1.59. The van der Waals surface area contributed by atoms with Gasteiger partial charge in [-0.2, -0.15) is 0 Å². The van der Waals surface area contributed by atoms with E-state index in [2.05, 4.69) is 0 Å². The van der Waals surface area contributed by atoms with Crippen molar-refractivity contribution in [3.05, 3.63) is 29.8 Å². The first-order valence-electron chi connectivity index (χ1n) is 6.32. The predicted molar refractivity (Wildman–Crippen MR) is 67.5 cm³/mol. The Kier molecular flexibility index (Phi) is 4.39. The summed E-state index contributed by atoms with van der Waals surface area (Å²) in [4.78, 5) is 10.7. The lowest BCUT2D eigenvalue weighted by Crippen LogP contribution is -2.42. The van der Waals surface area contributed by atoms with E-state index in [1.807, 2.05) is 13.0 Å². The number of ether oxygens (including phenoxy) is 3. The van der Waals surface area contributed by atoms with E-state index in [0.717, 1.165) is 0 Å². The first-order chi connectivity index (χ1) is 9.17. The molecule has 1 aromatic rings. The largest absolute Gasteiger partial charge is 0.508 e. The van der Waals surface area contributed by atoms with Crippen molar-refractivity contribution in [3.8, 4) is 5.75 Å². The van der Waals surface area contributed by atoms with Crippen molar-refractivity contribution in [2.75, 3.05) is 13.2 Å². The summed E-state index contributed by atoms with van der Waals surface area (Å²) in [5.74, 6) is -0.787. The lowest BCUT2D eigenvalue weighted by Gasteiger charge is -2.37. The van der Waals surface area contributed by atoms with Gasteiger partial charge in [-0.1, -0.05) is 18.2 Å². The summed E-state index contributed by atoms with van der Waals surface area (Å²) >= 11 is 0. The SMILES string of the molecule is C[C@H](OC1(OC=O)CCOCC1)c1ccccc1O. The number of carbonyl (C=O) groups is 1. The number of rotatable bonds is 5. The van der Waals surface area contributed by atoms with Crippen molar-refractivity contribution in [1.82, 2.24) is 0 Å². The second kappa shape index (κ2) is 6.04. The Bertz CT molecular complexity index is 426. The number of para-hydroxylation sites is 1. The minimum atomic E-state index is -0.957. The Labute approximate surface area is 112 Å². The standard InChI is InChI=1S/C14H18O5/c1-11(12-4-2-3-5-13(12)16)19-14(18-10-15)6-8-17-9-7-14/h2-5,10-11,16H,6-9H2,1H3/t11-/m0/s1. The molecule has 104 valence electrons. The van der Waals surface area contributed by atoms with E-state index >= 15 is 0 Å². The molecule has 0 saturated carbocycles. The van der Waals surface area contributed by atoms with Crippen LogP contribution >= 0.6 is 0 Å². The second-order valence-electron chi connectivity index (χ2n) is 4.56. The lowest BCUT2D eigenvalue weighted by atomic mass is 10.1. The van der Waals surface area contributed by atoms with Crippen LogP contribution in [-0.4, -0.2) is 30.6 Å². The summed E-state index contributed by atoms with van der Waals surface area (Å²) in [5.41, 5.74) is 0.669. The van der Waals surface area contributed by atoms with Gasteiger partial charge >= 0.3 is 0 Å². The maximum atomic E-state index is 10.7. The molecule has 1 heterocycles. The third-order valence-corrected chi connectivity index (χ3v) is 3.28. The highest BCUT2D eigenvalue weighted by molar-refractivity contribution is 5.38. The fourth-order valence-electron chi connectivity index (χ4n) is 2.25. The van der Waals surface area contributed by atoms with E-state index in [1.54, 1.807) is 18.2 Å². The molecule has 0 bridgehead atoms. The predicted octanol–water partition coefficient (Wildman–Crippen LogP) is 2.15. The second-order valence-corrected chi connectivity index (χ2v) is 4.56. The van der Waals surface area contributed by atoms with Crippen LogP contribution in [0.5, 0.6) is 5.75 Å². The maximum absolute atomic E-state index is 10.7. The summed E-state index contributed by atoms with van der Waals surface area (Å²) < 4.78 is 16.3. The van der Waals surface area contributed by atoms with Crippen LogP contribution in [0.25, 0.3) is 0 Å². The number of carbonyl (C=O) groups excluding carboxylic acids is 1. The van der Waals surface area contributed by atoms with Crippen LogP contribution in [0.15, 0.2) is 24.3 Å². The molecule has 19 heavy (non-hydrogen) atoms. The monoisotopic (exact) mass is 266 g/mol. The summed E-state index contributed by atoms with van der Waals surface area (Å²) in [6.07, 6.45) is 0.604. The molecule has 5 heteroatoms. The molecule has 0 aliphatic carbocycles. The molecular formula is C14H18O5. The van der Waals surface area contributed by atoms with Crippen molar-refractivity contribution in [2.24, 2.45) is 0 Å². The van der Waals surface area contributed by atoms with Gasteiger partial charge in [-0.15, -0.1) is 0 Å². The van der Waals surface area contributed by atoms with Crippen molar-refractivity contribution in [3.63, 3.8) is 0 Å². The van der Waals surface area contributed by atoms with Gasteiger partial charge in [0.05, 0.1) is 19.3 Å². The molecule has 1 aliphatic rings. The van der Waals surface area contributed by atoms with Crippen molar-refractivity contribution in [1.29, 1.82) is 0 Å². The normalized spacial score (nSPS) is 19.6. The first kappa shape index (κ1) is 13.8. The van der Waals surface area contributed by atoms with Crippen LogP contribution in [0.2, 0.25) is 0 Å². The topological polar surface area (TPSA) is 65.0 Å². The minimum absolute atomic E-state index is 0.170. The molecular weight excluding hydrogens is 248 g/mol. The zero-order chi connectivity index (χ0) is 13.7. The number of hydrogen-bond donors (Lipinski definition) is 1. The zero-order valence-corrected chi connectivity index (χ0v) is 10.9. The van der Waals surface area contributed by atoms with Gasteiger partial charge in [0, 0.05) is 18.4 Å². The third-order valence-electron chi connectivity index (χ3n) is 3.28. The van der Waals surface area contributed by atoms with Gasteiger partial charge in [0.25, 0.3) is 6.47 Å². The van der Waals surface area contributed by atoms with Crippen LogP contribution in [0, 0.1) is 0 Å². The third kappa shape index (κ3) is 3.24. The molecule has 1 saturated heterocycles. The molecule has 1 N–H and O–H groups in total. The fraction of sp³-hybridized carbons (Fsp3) is 0.500. The maximum Gasteiger partial charge on any atom is 0.295 e. The van der Waals surface area contributed by atoms with Crippen molar-refractivity contribution >= 4 is 6.47 Å². The molecule has 1 fully saturated rings. The van der Waals surface area contributed by atoms with Gasteiger partial charge in [0.1, 0.15) is 5.75 Å². The lowest BCUT2D eigenvalue weighted by molar-refractivity contribution is -0.267. The molecule has 0 amide bonds. The number of aromatic hydroxyl groups is 1. The fourth-order valence-corrected chi connectivity index (χ4v) is 2.25. The summed E-state index contributed by atoms with van der Waals surface area (Å²) in [6.45, 7) is 3.20. The van der Waals surface area contributed by atoms with E-state index < -0.39 is 5.79 Å². The van der Waals surface area contributed by atoms with Crippen LogP contribution < -0.4 is 0 Å². The van der Waals surface area contributed by atoms with Gasteiger partial charge in [0.2, 0.25) is 5.79 Å². The highest BCUT2D eigenvalue weighted by Gasteiger charge is 2.37. The van der Waals surface area contributed by atoms with Crippen LogP contribution in [0.1, 0.15) is 31.4 Å². The zero-order valence-electron chi connectivity index (χ0n) is 10.9. The molecule has 5 nitrogen and oxygen atoms in total. The highest BCUT2D eigenvalue weighted by atomic mass is 16.7. The van der Waals surface area contributed by atoms with E-state index in [0.29, 0.717) is 38.1 Å². The van der Waals surface area contributed by atoms with E-state index in [-0.39, 0.29) is 11.9 Å². The molecule has 0 radical (unpaired) electrons. The number of phenolic OH excluding ortho intramolecular Hbond substituents is 1. The van der Waals surface area contributed by atoms with Crippen molar-refractivity contribution in [2.45, 2.75) is 31.7 Å². The average Bonchev–Trinajstić information content (AvgIpc) is 2.40. The Morgan fingerprint density at radius 2 is 2.05 bits per heavy atom. The average molecular weight is 266 g/mol. The molecule has 0 aromatic heterocycles. The van der Waals surface area contributed by atoms with Gasteiger partial charge in [-0.25, -0.2) is 0 Å². The number of benzene rings is 1. The van der Waals surface area contributed by atoms with Crippen LogP contribution in [0.4, 0.5) is 0 Å². The Morgan fingerprint density at radius 3 is 2.68 bits per heavy atom. The van der Waals surface area contributed by atoms with E-state index in [4.69, 9.17) is 14.2 Å². The van der Waals surface area contributed by atoms with E-state index in [9.17, 15) is 9.90 Å². The van der Waals surface area contributed by atoms with Crippen molar-refractivity contribution < 1.29 is 24.1 Å². The molecule has 1 atom stereocenters. The summed E-state index contributed by atoms with van der Waals surface area (Å²) in [6, 6.07) is 6.96. The van der Waals surface area contributed by atoms with Gasteiger partial charge < -0.3 is 19.3 Å². The Balaban J connectivity index is 2.12. The number of hydrogen-bond acceptors (Lipinski definition) is 5. The highest BCUT2D eigenvalue weighted by Crippen LogP contribution is 2.34. The summed E-state index contributed by atoms with van der Waals surface area (Å²) in [5, 5.41) is 9.81. The number of phenols is 1. The molecule has 2 rings (SSSR count). The van der Waals surface area contributed by atoms with Gasteiger partial charge in [0.15, 0.2) is 0 Å². The van der Waals surface area contributed by atoms with Crippen LogP contribution in [0.3, 0.4) is 0 Å². The molecule has 1 aromatic carbocycles. The first-order valence-corrected chi connectivity index (χ1v) is 6.32.